The zero-order valence-electron chi connectivity index (χ0n) is 13.8. The Bertz CT molecular complexity index is 1090. The number of benzene rings is 3. The second-order valence-electron chi connectivity index (χ2n) is 5.84. The van der Waals surface area contributed by atoms with Crippen LogP contribution < -0.4 is 16.0 Å². The van der Waals surface area contributed by atoms with Gasteiger partial charge < -0.3 is 0 Å². The van der Waals surface area contributed by atoms with Crippen LogP contribution in [0.3, 0.4) is 0 Å². The van der Waals surface area contributed by atoms with E-state index in [1.807, 2.05) is 12.1 Å². The van der Waals surface area contributed by atoms with Crippen molar-refractivity contribution in [1.82, 2.24) is 4.98 Å². The summed E-state index contributed by atoms with van der Waals surface area (Å²) in [5.74, 6) is -4.25. The lowest BCUT2D eigenvalue weighted by molar-refractivity contribution is 0.513. The van der Waals surface area contributed by atoms with Crippen LogP contribution >= 0.6 is 7.92 Å². The van der Waals surface area contributed by atoms with Gasteiger partial charge in [0.2, 0.25) is 0 Å². The summed E-state index contributed by atoms with van der Waals surface area (Å²) in [6.07, 6.45) is 0. The van der Waals surface area contributed by atoms with Crippen LogP contribution in [0.4, 0.5) is 17.6 Å². The lowest BCUT2D eigenvalue weighted by atomic mass is 10.2. The van der Waals surface area contributed by atoms with Crippen molar-refractivity contribution in [2.75, 3.05) is 0 Å². The third-order valence-electron chi connectivity index (χ3n) is 4.16. The Balaban J connectivity index is 2.00. The van der Waals surface area contributed by atoms with E-state index < -0.39 is 31.2 Å². The fourth-order valence-electron chi connectivity index (χ4n) is 2.89. The molecule has 0 aliphatic heterocycles. The van der Waals surface area contributed by atoms with E-state index in [-0.39, 0.29) is 10.6 Å². The molecule has 27 heavy (non-hydrogen) atoms. The minimum absolute atomic E-state index is 0.0442. The average molecular weight is 385 g/mol. The first kappa shape index (κ1) is 17.6. The second-order valence-corrected chi connectivity index (χ2v) is 7.94. The molecule has 0 aliphatic rings. The number of rotatable bonds is 3. The van der Waals surface area contributed by atoms with Crippen molar-refractivity contribution in [3.8, 4) is 0 Å². The molecule has 4 rings (SSSR count). The molecule has 3 aromatic carbocycles. The van der Waals surface area contributed by atoms with Crippen LogP contribution in [-0.2, 0) is 0 Å². The van der Waals surface area contributed by atoms with Crippen LogP contribution in [0.1, 0.15) is 0 Å². The maximum atomic E-state index is 14.6. The predicted molar refractivity (Wildman–Crippen MR) is 100 cm³/mol. The van der Waals surface area contributed by atoms with E-state index in [1.165, 1.54) is 24.3 Å². The van der Waals surface area contributed by atoms with Gasteiger partial charge in [-0.1, -0.05) is 48.5 Å². The molecule has 6 heteroatoms. The summed E-state index contributed by atoms with van der Waals surface area (Å²) in [7, 11) is -1.93. The fraction of sp³-hybridized carbons (Fsp3) is 0. The Morgan fingerprint density at radius 1 is 0.593 bits per heavy atom. The fourth-order valence-corrected chi connectivity index (χ4v) is 5.15. The van der Waals surface area contributed by atoms with Gasteiger partial charge in [-0.3, -0.25) is 0 Å². The number of hydrogen-bond acceptors (Lipinski definition) is 1. The van der Waals surface area contributed by atoms with E-state index in [9.17, 15) is 17.6 Å². The van der Waals surface area contributed by atoms with Crippen molar-refractivity contribution in [3.63, 3.8) is 0 Å². The van der Waals surface area contributed by atoms with E-state index in [4.69, 9.17) is 0 Å². The number of aromatic nitrogens is 1. The molecule has 134 valence electrons. The molecule has 0 bridgehead atoms. The van der Waals surface area contributed by atoms with Crippen LogP contribution in [0.5, 0.6) is 0 Å². The molecule has 0 amide bonds. The van der Waals surface area contributed by atoms with Crippen molar-refractivity contribution in [3.05, 3.63) is 96.1 Å². The third-order valence-corrected chi connectivity index (χ3v) is 6.52. The molecule has 0 unspecified atom stereocenters. The standard InChI is InChI=1S/C21H12F4NP/c22-14-6-3-9-17(20(14)24)27(18-10-4-7-15(23)21(18)25)19-12-11-13-5-1-2-8-16(13)26-19/h1-12H. The zero-order valence-corrected chi connectivity index (χ0v) is 14.7. The Labute approximate surface area is 154 Å². The smallest absolute Gasteiger partial charge is 0.167 e. The molecule has 0 N–H and O–H groups in total. The monoisotopic (exact) mass is 385 g/mol. The largest absolute Gasteiger partial charge is 0.247 e. The minimum atomic E-state index is -1.93. The van der Waals surface area contributed by atoms with Gasteiger partial charge in [-0.05, 0) is 24.3 Å². The first-order chi connectivity index (χ1) is 13.1. The number of nitrogens with zero attached hydrogens (tertiary/aromatic N) is 1. The van der Waals surface area contributed by atoms with Gasteiger partial charge in [0, 0.05) is 23.9 Å². The summed E-state index contributed by atoms with van der Waals surface area (Å²) < 4.78 is 56.8. The third kappa shape index (κ3) is 3.19. The maximum absolute atomic E-state index is 14.6. The summed E-state index contributed by atoms with van der Waals surface area (Å²) in [6, 6.07) is 18.1. The van der Waals surface area contributed by atoms with Crippen molar-refractivity contribution in [2.45, 2.75) is 0 Å². The van der Waals surface area contributed by atoms with E-state index in [0.29, 0.717) is 11.0 Å². The average Bonchev–Trinajstić information content (AvgIpc) is 2.68. The first-order valence-electron chi connectivity index (χ1n) is 8.10. The highest BCUT2D eigenvalue weighted by atomic mass is 31.1. The molecular formula is C21H12F4NP. The zero-order chi connectivity index (χ0) is 19.0. The van der Waals surface area contributed by atoms with Crippen LogP contribution in [0.15, 0.2) is 72.8 Å². The SMILES string of the molecule is Fc1cccc(P(c2ccc3ccccc3n2)c2cccc(F)c2F)c1F. The second kappa shape index (κ2) is 7.09. The van der Waals surface area contributed by atoms with Gasteiger partial charge in [0.05, 0.1) is 11.0 Å². The Hall–Kier alpha value is -2.78. The van der Waals surface area contributed by atoms with Gasteiger partial charge >= 0.3 is 0 Å². The lowest BCUT2D eigenvalue weighted by Gasteiger charge is -2.20. The van der Waals surface area contributed by atoms with Crippen LogP contribution in [-0.4, -0.2) is 4.98 Å². The Morgan fingerprint density at radius 3 is 1.81 bits per heavy atom. The van der Waals surface area contributed by atoms with Gasteiger partial charge in [0.1, 0.15) is 0 Å². The summed E-state index contributed by atoms with van der Waals surface area (Å²) >= 11 is 0. The number of fused-ring (bicyclic) bond motifs is 1. The van der Waals surface area contributed by atoms with Gasteiger partial charge in [0.15, 0.2) is 23.3 Å². The summed E-state index contributed by atoms with van der Waals surface area (Å²) in [4.78, 5) is 4.52. The summed E-state index contributed by atoms with van der Waals surface area (Å²) in [5.41, 5.74) is 0.994. The summed E-state index contributed by atoms with van der Waals surface area (Å²) in [6.45, 7) is 0. The molecule has 1 nitrogen and oxygen atoms in total. The predicted octanol–water partition coefficient (Wildman–Crippen LogP) is 4.55. The maximum Gasteiger partial charge on any atom is 0.167 e. The van der Waals surface area contributed by atoms with E-state index in [1.54, 1.807) is 24.3 Å². The van der Waals surface area contributed by atoms with Gasteiger partial charge in [-0.2, -0.15) is 0 Å². The van der Waals surface area contributed by atoms with E-state index in [2.05, 4.69) is 4.98 Å². The van der Waals surface area contributed by atoms with Crippen LogP contribution in [0.2, 0.25) is 0 Å². The minimum Gasteiger partial charge on any atom is -0.247 e. The molecule has 0 saturated carbocycles. The molecule has 0 aliphatic carbocycles. The van der Waals surface area contributed by atoms with Crippen molar-refractivity contribution in [2.24, 2.45) is 0 Å². The Kier molecular flexibility index (Phi) is 4.63. The number of para-hydroxylation sites is 1. The summed E-state index contributed by atoms with van der Waals surface area (Å²) in [5, 5.41) is 0.769. The highest BCUT2D eigenvalue weighted by molar-refractivity contribution is 7.79. The molecule has 0 spiro atoms. The van der Waals surface area contributed by atoms with Gasteiger partial charge in [-0.25, -0.2) is 22.5 Å². The van der Waals surface area contributed by atoms with Crippen LogP contribution in [0.25, 0.3) is 10.9 Å². The van der Waals surface area contributed by atoms with E-state index >= 15 is 0 Å². The van der Waals surface area contributed by atoms with E-state index in [0.717, 1.165) is 17.5 Å². The molecule has 4 aromatic rings. The molecule has 1 heterocycles. The normalized spacial score (nSPS) is 11.3. The van der Waals surface area contributed by atoms with Gasteiger partial charge in [0.25, 0.3) is 0 Å². The van der Waals surface area contributed by atoms with Crippen molar-refractivity contribution >= 4 is 34.9 Å². The topological polar surface area (TPSA) is 12.9 Å². The Morgan fingerprint density at radius 2 is 1.19 bits per heavy atom. The lowest BCUT2D eigenvalue weighted by Crippen LogP contribution is -2.27. The molecule has 0 atom stereocenters. The van der Waals surface area contributed by atoms with Crippen LogP contribution in [0, 0.1) is 23.3 Å². The molecular weight excluding hydrogens is 373 g/mol. The number of halogens is 4. The molecule has 0 radical (unpaired) electrons. The number of pyridine rings is 1. The quantitative estimate of drug-likeness (QED) is 0.373. The van der Waals surface area contributed by atoms with Crippen molar-refractivity contribution < 1.29 is 17.6 Å². The molecule has 1 aromatic heterocycles. The molecule has 0 saturated heterocycles. The van der Waals surface area contributed by atoms with Crippen molar-refractivity contribution in [1.29, 1.82) is 0 Å². The number of hydrogen-bond donors (Lipinski definition) is 0. The van der Waals surface area contributed by atoms with Gasteiger partial charge in [-0.15, -0.1) is 0 Å². The highest BCUT2D eigenvalue weighted by Gasteiger charge is 2.27. The highest BCUT2D eigenvalue weighted by Crippen LogP contribution is 2.35. The first-order valence-corrected chi connectivity index (χ1v) is 9.44. The molecule has 0 fully saturated rings.